The molecule has 0 bridgehead atoms. The maximum Gasteiger partial charge on any atom is 0.237 e. The summed E-state index contributed by atoms with van der Waals surface area (Å²) in [7, 11) is 0. The lowest BCUT2D eigenvalue weighted by Gasteiger charge is -2.30. The fourth-order valence-corrected chi connectivity index (χ4v) is 3.01. The van der Waals surface area contributed by atoms with Gasteiger partial charge in [-0.15, -0.1) is 0 Å². The number of piperidine rings is 1. The standard InChI is InChI=1S/C17H26N2O/c1-11-7-8-12(2)15(10-11)14(4)19-17(20)16-13(3)6-5-9-18-16/h7-8,10,13-14,16,18H,5-6,9H2,1-4H3,(H,19,20). The van der Waals surface area contributed by atoms with Crippen molar-refractivity contribution < 1.29 is 4.79 Å². The summed E-state index contributed by atoms with van der Waals surface area (Å²) in [6.45, 7) is 9.34. The second-order valence-corrected chi connectivity index (χ2v) is 6.14. The highest BCUT2D eigenvalue weighted by atomic mass is 16.2. The molecular weight excluding hydrogens is 248 g/mol. The first-order chi connectivity index (χ1) is 9.49. The van der Waals surface area contributed by atoms with Gasteiger partial charge in [-0.1, -0.05) is 30.7 Å². The largest absolute Gasteiger partial charge is 0.348 e. The van der Waals surface area contributed by atoms with Gasteiger partial charge in [0, 0.05) is 0 Å². The van der Waals surface area contributed by atoms with E-state index in [1.165, 1.54) is 16.7 Å². The Labute approximate surface area is 122 Å². The van der Waals surface area contributed by atoms with Gasteiger partial charge in [0.05, 0.1) is 12.1 Å². The van der Waals surface area contributed by atoms with Crippen LogP contribution in [0.25, 0.3) is 0 Å². The third-order valence-corrected chi connectivity index (χ3v) is 4.31. The Morgan fingerprint density at radius 3 is 2.85 bits per heavy atom. The van der Waals surface area contributed by atoms with Gasteiger partial charge in [0.25, 0.3) is 0 Å². The number of aryl methyl sites for hydroxylation is 2. The highest BCUT2D eigenvalue weighted by molar-refractivity contribution is 5.82. The molecule has 1 fully saturated rings. The molecule has 0 spiro atoms. The van der Waals surface area contributed by atoms with E-state index in [0.29, 0.717) is 5.92 Å². The summed E-state index contributed by atoms with van der Waals surface area (Å²) in [5.41, 5.74) is 3.67. The van der Waals surface area contributed by atoms with Crippen molar-refractivity contribution in [2.75, 3.05) is 6.54 Å². The number of amides is 1. The zero-order valence-corrected chi connectivity index (χ0v) is 13.0. The van der Waals surface area contributed by atoms with E-state index < -0.39 is 0 Å². The van der Waals surface area contributed by atoms with Crippen molar-refractivity contribution in [2.45, 2.75) is 52.6 Å². The van der Waals surface area contributed by atoms with Crippen LogP contribution in [0.4, 0.5) is 0 Å². The lowest BCUT2D eigenvalue weighted by molar-refractivity contribution is -0.125. The highest BCUT2D eigenvalue weighted by Crippen LogP contribution is 2.21. The summed E-state index contributed by atoms with van der Waals surface area (Å²) in [6.07, 6.45) is 2.29. The van der Waals surface area contributed by atoms with Crippen molar-refractivity contribution in [2.24, 2.45) is 5.92 Å². The molecule has 1 aliphatic rings. The molecular formula is C17H26N2O. The Morgan fingerprint density at radius 1 is 1.40 bits per heavy atom. The fourth-order valence-electron chi connectivity index (χ4n) is 3.01. The van der Waals surface area contributed by atoms with E-state index in [2.05, 4.69) is 56.5 Å². The Balaban J connectivity index is 2.05. The maximum absolute atomic E-state index is 12.4. The van der Waals surface area contributed by atoms with E-state index >= 15 is 0 Å². The van der Waals surface area contributed by atoms with Crippen LogP contribution in [0.5, 0.6) is 0 Å². The van der Waals surface area contributed by atoms with Crippen LogP contribution in [0.1, 0.15) is 49.4 Å². The Kier molecular flexibility index (Phi) is 4.81. The van der Waals surface area contributed by atoms with Crippen LogP contribution >= 0.6 is 0 Å². The van der Waals surface area contributed by atoms with Crippen LogP contribution < -0.4 is 10.6 Å². The number of benzene rings is 1. The topological polar surface area (TPSA) is 41.1 Å². The van der Waals surface area contributed by atoms with Gasteiger partial charge in [0.15, 0.2) is 0 Å². The minimum Gasteiger partial charge on any atom is -0.348 e. The van der Waals surface area contributed by atoms with Gasteiger partial charge in [0.2, 0.25) is 5.91 Å². The predicted octanol–water partition coefficient (Wildman–Crippen LogP) is 2.87. The average Bonchev–Trinajstić information content (AvgIpc) is 2.41. The summed E-state index contributed by atoms with van der Waals surface area (Å²) < 4.78 is 0. The first-order valence-corrected chi connectivity index (χ1v) is 7.60. The van der Waals surface area contributed by atoms with E-state index in [0.717, 1.165) is 19.4 Å². The van der Waals surface area contributed by atoms with Crippen LogP contribution in [0.15, 0.2) is 18.2 Å². The van der Waals surface area contributed by atoms with Gasteiger partial charge >= 0.3 is 0 Å². The quantitative estimate of drug-likeness (QED) is 0.890. The number of hydrogen-bond donors (Lipinski definition) is 2. The Hall–Kier alpha value is -1.35. The molecule has 1 aromatic rings. The maximum atomic E-state index is 12.4. The average molecular weight is 274 g/mol. The van der Waals surface area contributed by atoms with Crippen molar-refractivity contribution in [3.05, 3.63) is 34.9 Å². The summed E-state index contributed by atoms with van der Waals surface area (Å²) >= 11 is 0. The van der Waals surface area contributed by atoms with Gasteiger partial charge < -0.3 is 10.6 Å². The van der Waals surface area contributed by atoms with Crippen LogP contribution in [0.3, 0.4) is 0 Å². The molecule has 3 nitrogen and oxygen atoms in total. The summed E-state index contributed by atoms with van der Waals surface area (Å²) in [4.78, 5) is 12.4. The molecule has 1 aliphatic heterocycles. The molecule has 0 aliphatic carbocycles. The number of nitrogens with one attached hydrogen (secondary N) is 2. The number of hydrogen-bond acceptors (Lipinski definition) is 2. The monoisotopic (exact) mass is 274 g/mol. The molecule has 3 heteroatoms. The molecule has 3 atom stereocenters. The Morgan fingerprint density at radius 2 is 2.15 bits per heavy atom. The third kappa shape index (κ3) is 3.40. The van der Waals surface area contributed by atoms with Crippen LogP contribution in [0.2, 0.25) is 0 Å². The second kappa shape index (κ2) is 6.40. The third-order valence-electron chi connectivity index (χ3n) is 4.31. The molecule has 3 unspecified atom stereocenters. The summed E-state index contributed by atoms with van der Waals surface area (Å²) in [5, 5.41) is 6.50. The van der Waals surface area contributed by atoms with Gasteiger partial charge in [0.1, 0.15) is 0 Å². The number of carbonyl (C=O) groups excluding carboxylic acids is 1. The molecule has 1 heterocycles. The number of carbonyl (C=O) groups is 1. The molecule has 1 amide bonds. The molecule has 1 saturated heterocycles. The molecule has 2 N–H and O–H groups in total. The van der Waals surface area contributed by atoms with Gasteiger partial charge in [-0.2, -0.15) is 0 Å². The minimum absolute atomic E-state index is 0.0451. The molecule has 0 radical (unpaired) electrons. The molecule has 110 valence electrons. The van der Waals surface area contributed by atoms with Crippen molar-refractivity contribution in [1.29, 1.82) is 0 Å². The summed E-state index contributed by atoms with van der Waals surface area (Å²) in [6, 6.07) is 6.40. The van der Waals surface area contributed by atoms with Gasteiger partial charge in [-0.3, -0.25) is 4.79 Å². The lowest BCUT2D eigenvalue weighted by atomic mass is 9.91. The van der Waals surface area contributed by atoms with Crippen LogP contribution in [-0.2, 0) is 4.79 Å². The normalized spacial score (nSPS) is 24.2. The zero-order valence-electron chi connectivity index (χ0n) is 13.0. The molecule has 2 rings (SSSR count). The van der Waals surface area contributed by atoms with E-state index in [4.69, 9.17) is 0 Å². The van der Waals surface area contributed by atoms with Crippen LogP contribution in [0, 0.1) is 19.8 Å². The zero-order chi connectivity index (χ0) is 14.7. The molecule has 0 aromatic heterocycles. The molecule has 1 aromatic carbocycles. The smallest absolute Gasteiger partial charge is 0.237 e. The van der Waals surface area contributed by atoms with E-state index in [1.807, 2.05) is 0 Å². The SMILES string of the molecule is Cc1ccc(C)c(C(C)NC(=O)C2NCCCC2C)c1. The fraction of sp³-hybridized carbons (Fsp3) is 0.588. The lowest BCUT2D eigenvalue weighted by Crippen LogP contribution is -2.51. The Bertz CT molecular complexity index is 484. The highest BCUT2D eigenvalue weighted by Gasteiger charge is 2.28. The van der Waals surface area contributed by atoms with E-state index in [1.54, 1.807) is 0 Å². The first-order valence-electron chi connectivity index (χ1n) is 7.60. The van der Waals surface area contributed by atoms with Crippen molar-refractivity contribution in [3.63, 3.8) is 0 Å². The minimum atomic E-state index is -0.0451. The van der Waals surface area contributed by atoms with Crippen molar-refractivity contribution in [3.8, 4) is 0 Å². The van der Waals surface area contributed by atoms with Crippen molar-refractivity contribution in [1.82, 2.24) is 10.6 Å². The van der Waals surface area contributed by atoms with E-state index in [-0.39, 0.29) is 18.0 Å². The predicted molar refractivity (Wildman–Crippen MR) is 82.7 cm³/mol. The second-order valence-electron chi connectivity index (χ2n) is 6.14. The van der Waals surface area contributed by atoms with Gasteiger partial charge in [-0.25, -0.2) is 0 Å². The van der Waals surface area contributed by atoms with E-state index in [9.17, 15) is 4.79 Å². The van der Waals surface area contributed by atoms with Crippen molar-refractivity contribution >= 4 is 5.91 Å². The molecule has 20 heavy (non-hydrogen) atoms. The first kappa shape index (κ1) is 15.0. The van der Waals surface area contributed by atoms with Gasteiger partial charge in [-0.05, 0) is 57.2 Å². The van der Waals surface area contributed by atoms with Crippen LogP contribution in [-0.4, -0.2) is 18.5 Å². The molecule has 0 saturated carbocycles. The summed E-state index contributed by atoms with van der Waals surface area (Å²) in [5.74, 6) is 0.542. The number of rotatable bonds is 3.